The van der Waals surface area contributed by atoms with Crippen LogP contribution in [-0.2, 0) is 20.0 Å². The van der Waals surface area contributed by atoms with Gasteiger partial charge >= 0.3 is 0 Å². The zero-order chi connectivity index (χ0) is 17.9. The summed E-state index contributed by atoms with van der Waals surface area (Å²) in [6.45, 7) is 4.16. The van der Waals surface area contributed by atoms with Crippen molar-refractivity contribution >= 4 is 0 Å². The third kappa shape index (κ3) is 3.70. The molecule has 1 fully saturated rings. The molecule has 4 rings (SSSR count). The second kappa shape index (κ2) is 7.41. The minimum atomic E-state index is 0.573. The summed E-state index contributed by atoms with van der Waals surface area (Å²) in [7, 11) is 2.03. The highest BCUT2D eigenvalue weighted by molar-refractivity contribution is 5.51. The fourth-order valence-corrected chi connectivity index (χ4v) is 3.80. The average Bonchev–Trinajstić information content (AvgIpc) is 3.35. The number of nitrogens with zero attached hydrogens (tertiary/aromatic N) is 5. The first-order valence-corrected chi connectivity index (χ1v) is 9.30. The highest BCUT2D eigenvalue weighted by Gasteiger charge is 2.25. The molecule has 6 nitrogen and oxygen atoms in total. The van der Waals surface area contributed by atoms with E-state index in [4.69, 9.17) is 4.52 Å². The average molecular weight is 351 g/mol. The highest BCUT2D eigenvalue weighted by Crippen LogP contribution is 2.24. The van der Waals surface area contributed by atoms with Crippen molar-refractivity contribution in [3.05, 3.63) is 53.6 Å². The van der Waals surface area contributed by atoms with E-state index in [-0.39, 0.29) is 0 Å². The van der Waals surface area contributed by atoms with Crippen LogP contribution in [-0.4, -0.2) is 37.4 Å². The lowest BCUT2D eigenvalue weighted by Crippen LogP contribution is -2.30. The molecule has 0 saturated carbocycles. The van der Waals surface area contributed by atoms with E-state index in [1.54, 1.807) is 0 Å². The zero-order valence-corrected chi connectivity index (χ0v) is 15.4. The molecule has 3 aromatic rings. The molecule has 2 aromatic heterocycles. The zero-order valence-electron chi connectivity index (χ0n) is 15.4. The van der Waals surface area contributed by atoms with E-state index in [2.05, 4.69) is 26.2 Å². The SMILES string of the molecule is Cc1cc(CN2CCCC2CCc2noc(-c3ccccc3)n2)n(C)n1. The number of benzene rings is 1. The molecule has 0 spiro atoms. The van der Waals surface area contributed by atoms with Gasteiger partial charge in [-0.2, -0.15) is 10.1 Å². The molecule has 0 radical (unpaired) electrons. The van der Waals surface area contributed by atoms with E-state index < -0.39 is 0 Å². The molecular formula is C20H25N5O. The van der Waals surface area contributed by atoms with Gasteiger partial charge in [-0.05, 0) is 50.9 Å². The fraction of sp³-hybridized carbons (Fsp3) is 0.450. The summed E-state index contributed by atoms with van der Waals surface area (Å²) in [4.78, 5) is 7.12. The molecule has 0 N–H and O–H groups in total. The molecule has 0 amide bonds. The number of aryl methyl sites for hydroxylation is 3. The molecule has 0 aliphatic carbocycles. The summed E-state index contributed by atoms with van der Waals surface area (Å²) in [5.74, 6) is 1.40. The van der Waals surface area contributed by atoms with Crippen LogP contribution in [0.25, 0.3) is 11.5 Å². The smallest absolute Gasteiger partial charge is 0.257 e. The Labute approximate surface area is 153 Å². The Morgan fingerprint density at radius 1 is 1.23 bits per heavy atom. The minimum absolute atomic E-state index is 0.573. The van der Waals surface area contributed by atoms with Gasteiger partial charge in [-0.15, -0.1) is 0 Å². The van der Waals surface area contributed by atoms with Gasteiger partial charge in [-0.3, -0.25) is 9.58 Å². The van der Waals surface area contributed by atoms with Gasteiger partial charge in [0.2, 0.25) is 0 Å². The van der Waals surface area contributed by atoms with E-state index in [1.165, 1.54) is 18.5 Å². The second-order valence-corrected chi connectivity index (χ2v) is 7.09. The molecular weight excluding hydrogens is 326 g/mol. The summed E-state index contributed by atoms with van der Waals surface area (Å²) >= 11 is 0. The Balaban J connectivity index is 1.36. The van der Waals surface area contributed by atoms with Crippen LogP contribution in [0.4, 0.5) is 0 Å². The topological polar surface area (TPSA) is 60.0 Å². The Morgan fingerprint density at radius 2 is 2.08 bits per heavy atom. The molecule has 1 aliphatic rings. The van der Waals surface area contributed by atoms with Crippen LogP contribution in [0, 0.1) is 6.92 Å². The van der Waals surface area contributed by atoms with E-state index >= 15 is 0 Å². The Bertz CT molecular complexity index is 854. The lowest BCUT2D eigenvalue weighted by atomic mass is 10.1. The third-order valence-electron chi connectivity index (χ3n) is 5.15. The van der Waals surface area contributed by atoms with E-state index in [9.17, 15) is 0 Å². The van der Waals surface area contributed by atoms with Crippen molar-refractivity contribution in [3.8, 4) is 11.5 Å². The maximum absolute atomic E-state index is 5.42. The maximum Gasteiger partial charge on any atom is 0.257 e. The molecule has 1 atom stereocenters. The van der Waals surface area contributed by atoms with E-state index in [1.807, 2.05) is 49.0 Å². The normalized spacial score (nSPS) is 17.8. The van der Waals surface area contributed by atoms with Crippen molar-refractivity contribution in [1.29, 1.82) is 0 Å². The van der Waals surface area contributed by atoms with Crippen LogP contribution in [0.5, 0.6) is 0 Å². The van der Waals surface area contributed by atoms with E-state index in [0.29, 0.717) is 11.9 Å². The monoisotopic (exact) mass is 351 g/mol. The summed E-state index contributed by atoms with van der Waals surface area (Å²) in [5.41, 5.74) is 3.33. The van der Waals surface area contributed by atoms with Gasteiger partial charge in [0.15, 0.2) is 5.82 Å². The van der Waals surface area contributed by atoms with Gasteiger partial charge in [0.05, 0.1) is 11.4 Å². The highest BCUT2D eigenvalue weighted by atomic mass is 16.5. The van der Waals surface area contributed by atoms with Crippen molar-refractivity contribution < 1.29 is 4.52 Å². The Hall–Kier alpha value is -2.47. The van der Waals surface area contributed by atoms with Crippen LogP contribution < -0.4 is 0 Å². The quantitative estimate of drug-likeness (QED) is 0.681. The lowest BCUT2D eigenvalue weighted by molar-refractivity contribution is 0.228. The van der Waals surface area contributed by atoms with Crippen molar-refractivity contribution in [1.82, 2.24) is 24.8 Å². The molecule has 26 heavy (non-hydrogen) atoms. The molecule has 0 bridgehead atoms. The molecule has 1 saturated heterocycles. The molecule has 1 unspecified atom stereocenters. The number of hydrogen-bond donors (Lipinski definition) is 0. The molecule has 3 heterocycles. The largest absolute Gasteiger partial charge is 0.334 e. The number of aromatic nitrogens is 4. The van der Waals surface area contributed by atoms with Gasteiger partial charge in [-0.25, -0.2) is 0 Å². The summed E-state index contributed by atoms with van der Waals surface area (Å²) in [6, 6.07) is 12.7. The van der Waals surface area contributed by atoms with Gasteiger partial charge < -0.3 is 4.52 Å². The number of likely N-dealkylation sites (tertiary alicyclic amines) is 1. The lowest BCUT2D eigenvalue weighted by Gasteiger charge is -2.23. The number of hydrogen-bond acceptors (Lipinski definition) is 5. The van der Waals surface area contributed by atoms with Crippen molar-refractivity contribution in [3.63, 3.8) is 0 Å². The summed E-state index contributed by atoms with van der Waals surface area (Å²) < 4.78 is 7.42. The fourth-order valence-electron chi connectivity index (χ4n) is 3.80. The van der Waals surface area contributed by atoms with Crippen molar-refractivity contribution in [2.75, 3.05) is 6.54 Å². The van der Waals surface area contributed by atoms with Crippen LogP contribution in [0.15, 0.2) is 40.9 Å². The molecule has 1 aromatic carbocycles. The van der Waals surface area contributed by atoms with Crippen molar-refractivity contribution in [2.45, 2.75) is 45.2 Å². The molecule has 1 aliphatic heterocycles. The van der Waals surface area contributed by atoms with Crippen LogP contribution in [0.1, 0.15) is 36.5 Å². The summed E-state index contributed by atoms with van der Waals surface area (Å²) in [5, 5.41) is 8.62. The minimum Gasteiger partial charge on any atom is -0.334 e. The third-order valence-corrected chi connectivity index (χ3v) is 5.15. The van der Waals surface area contributed by atoms with Crippen LogP contribution >= 0.6 is 0 Å². The van der Waals surface area contributed by atoms with Crippen LogP contribution in [0.2, 0.25) is 0 Å². The predicted molar refractivity (Wildman–Crippen MR) is 99.4 cm³/mol. The van der Waals surface area contributed by atoms with E-state index in [0.717, 1.165) is 43.0 Å². The summed E-state index contributed by atoms with van der Waals surface area (Å²) in [6.07, 6.45) is 4.40. The first kappa shape index (κ1) is 17.0. The van der Waals surface area contributed by atoms with Gasteiger partial charge in [0, 0.05) is 31.6 Å². The van der Waals surface area contributed by atoms with Gasteiger partial charge in [0.25, 0.3) is 5.89 Å². The first-order chi connectivity index (χ1) is 12.7. The second-order valence-electron chi connectivity index (χ2n) is 7.09. The Kier molecular flexibility index (Phi) is 4.84. The predicted octanol–water partition coefficient (Wildman–Crippen LogP) is 3.38. The van der Waals surface area contributed by atoms with Gasteiger partial charge in [-0.1, -0.05) is 23.4 Å². The Morgan fingerprint density at radius 3 is 2.85 bits per heavy atom. The van der Waals surface area contributed by atoms with Crippen LogP contribution in [0.3, 0.4) is 0 Å². The maximum atomic E-state index is 5.42. The van der Waals surface area contributed by atoms with Gasteiger partial charge in [0.1, 0.15) is 0 Å². The first-order valence-electron chi connectivity index (χ1n) is 9.30. The standard InChI is InChI=1S/C20H25N5O/c1-15-13-18(24(2)22-15)14-25-12-6-9-17(25)10-11-19-21-20(26-23-19)16-7-4-3-5-8-16/h3-5,7-8,13,17H,6,9-12,14H2,1-2H3. The molecule has 6 heteroatoms. The number of rotatable bonds is 6. The van der Waals surface area contributed by atoms with Crippen molar-refractivity contribution in [2.24, 2.45) is 7.05 Å². The molecule has 136 valence electrons.